The second-order valence-electron chi connectivity index (χ2n) is 8.87. The van der Waals surface area contributed by atoms with Crippen LogP contribution in [0.4, 0.5) is 0 Å². The van der Waals surface area contributed by atoms with Crippen LogP contribution in [0.3, 0.4) is 0 Å². The number of hydrogen-bond acceptors (Lipinski definition) is 6. The Morgan fingerprint density at radius 1 is 0.900 bits per heavy atom. The largest absolute Gasteiger partial charge is 0.317 e. The van der Waals surface area contributed by atoms with Crippen molar-refractivity contribution in [3.05, 3.63) is 34.9 Å². The molecule has 2 N–H and O–H groups in total. The highest BCUT2D eigenvalue weighted by molar-refractivity contribution is 6.23. The summed E-state index contributed by atoms with van der Waals surface area (Å²) in [6.07, 6.45) is 2.81. The van der Waals surface area contributed by atoms with E-state index in [2.05, 4.69) is 15.5 Å². The summed E-state index contributed by atoms with van der Waals surface area (Å²) in [6.45, 7) is 5.15. The summed E-state index contributed by atoms with van der Waals surface area (Å²) in [6, 6.07) is 4.47. The lowest BCUT2D eigenvalue weighted by molar-refractivity contribution is -0.136. The number of nitrogens with one attached hydrogen (secondary N) is 2. The Labute approximate surface area is 175 Å². The van der Waals surface area contributed by atoms with Crippen LogP contribution in [-0.4, -0.2) is 65.6 Å². The van der Waals surface area contributed by atoms with Crippen LogP contribution < -0.4 is 10.6 Å². The molecular weight excluding hydrogens is 384 g/mol. The quantitative estimate of drug-likeness (QED) is 0.703. The van der Waals surface area contributed by atoms with Gasteiger partial charge < -0.3 is 5.32 Å². The van der Waals surface area contributed by atoms with Gasteiger partial charge in [0.15, 0.2) is 0 Å². The molecule has 0 radical (unpaired) electrons. The van der Waals surface area contributed by atoms with Crippen molar-refractivity contribution >= 4 is 23.6 Å². The molecule has 158 valence electrons. The minimum atomic E-state index is -0.917. The summed E-state index contributed by atoms with van der Waals surface area (Å²) in [5.74, 6) is -0.275. The number of nitrogens with zero attached hydrogens (tertiary/aromatic N) is 2. The first-order valence-electron chi connectivity index (χ1n) is 10.8. The average molecular weight is 410 g/mol. The maximum atomic E-state index is 12.9. The van der Waals surface area contributed by atoms with Gasteiger partial charge in [0.25, 0.3) is 11.8 Å². The highest BCUT2D eigenvalue weighted by atomic mass is 16.2. The monoisotopic (exact) mass is 410 g/mol. The van der Waals surface area contributed by atoms with Crippen LogP contribution in [0.5, 0.6) is 0 Å². The van der Waals surface area contributed by atoms with Crippen LogP contribution in [0, 0.1) is 11.8 Å². The van der Waals surface area contributed by atoms with E-state index in [9.17, 15) is 19.2 Å². The van der Waals surface area contributed by atoms with Crippen molar-refractivity contribution < 1.29 is 19.2 Å². The number of imide groups is 2. The molecule has 0 aliphatic carbocycles. The third kappa shape index (κ3) is 3.33. The van der Waals surface area contributed by atoms with Crippen LogP contribution >= 0.6 is 0 Å². The van der Waals surface area contributed by atoms with Crippen molar-refractivity contribution in [1.29, 1.82) is 0 Å². The number of rotatable bonds is 4. The number of carbonyl (C=O) groups excluding carboxylic acids is 4. The second kappa shape index (κ2) is 7.59. The van der Waals surface area contributed by atoms with E-state index < -0.39 is 23.8 Å². The first kappa shape index (κ1) is 19.4. The molecule has 0 bridgehead atoms. The van der Waals surface area contributed by atoms with Crippen molar-refractivity contribution in [1.82, 2.24) is 20.4 Å². The van der Waals surface area contributed by atoms with Gasteiger partial charge in [-0.25, -0.2) is 0 Å². The van der Waals surface area contributed by atoms with Gasteiger partial charge in [-0.2, -0.15) is 0 Å². The molecule has 1 aromatic carbocycles. The Bertz CT molecular complexity index is 918. The van der Waals surface area contributed by atoms with Gasteiger partial charge in [0.2, 0.25) is 11.8 Å². The van der Waals surface area contributed by atoms with Crippen LogP contribution in [-0.2, 0) is 16.1 Å². The minimum absolute atomic E-state index is 0.127. The summed E-state index contributed by atoms with van der Waals surface area (Å²) in [5, 5.41) is 5.64. The van der Waals surface area contributed by atoms with Gasteiger partial charge in [-0.05, 0) is 61.9 Å². The molecule has 4 aliphatic heterocycles. The maximum Gasteiger partial charge on any atom is 0.262 e. The van der Waals surface area contributed by atoms with Gasteiger partial charge in [0.1, 0.15) is 6.04 Å². The van der Waals surface area contributed by atoms with E-state index in [1.807, 2.05) is 6.07 Å². The highest BCUT2D eigenvalue weighted by Gasteiger charge is 2.44. The predicted molar refractivity (Wildman–Crippen MR) is 107 cm³/mol. The molecule has 1 atom stereocenters. The lowest BCUT2D eigenvalue weighted by atomic mass is 9.80. The molecule has 30 heavy (non-hydrogen) atoms. The second-order valence-corrected chi connectivity index (χ2v) is 8.87. The number of likely N-dealkylation sites (tertiary alicyclic amines) is 1. The molecule has 1 unspecified atom stereocenters. The number of hydrogen-bond donors (Lipinski definition) is 2. The third-order valence-electron chi connectivity index (χ3n) is 6.95. The summed E-state index contributed by atoms with van der Waals surface area (Å²) < 4.78 is 0. The Kier molecular flexibility index (Phi) is 4.91. The maximum absolute atomic E-state index is 12.9. The third-order valence-corrected chi connectivity index (χ3v) is 6.95. The van der Waals surface area contributed by atoms with Crippen LogP contribution in [0.15, 0.2) is 18.2 Å². The molecule has 0 saturated carbocycles. The van der Waals surface area contributed by atoms with Crippen LogP contribution in [0.2, 0.25) is 0 Å². The molecule has 4 heterocycles. The zero-order valence-corrected chi connectivity index (χ0v) is 16.9. The fourth-order valence-corrected chi connectivity index (χ4v) is 5.23. The first-order valence-corrected chi connectivity index (χ1v) is 10.8. The van der Waals surface area contributed by atoms with Crippen molar-refractivity contribution in [3.63, 3.8) is 0 Å². The first-order chi connectivity index (χ1) is 14.5. The summed E-state index contributed by atoms with van der Waals surface area (Å²) in [5.41, 5.74) is 1.70. The number of piperidine rings is 2. The molecule has 1 aromatic rings. The van der Waals surface area contributed by atoms with Crippen molar-refractivity contribution in [2.45, 2.75) is 38.3 Å². The summed E-state index contributed by atoms with van der Waals surface area (Å²) in [4.78, 5) is 52.7. The smallest absolute Gasteiger partial charge is 0.262 e. The fourth-order valence-electron chi connectivity index (χ4n) is 5.23. The van der Waals surface area contributed by atoms with E-state index in [1.54, 1.807) is 12.1 Å². The van der Waals surface area contributed by atoms with Crippen LogP contribution in [0.25, 0.3) is 0 Å². The summed E-state index contributed by atoms with van der Waals surface area (Å²) >= 11 is 0. The normalized spacial score (nSPS) is 26.0. The molecule has 8 nitrogen and oxygen atoms in total. The number of amides is 4. The van der Waals surface area contributed by atoms with Gasteiger partial charge in [0.05, 0.1) is 11.1 Å². The summed E-state index contributed by atoms with van der Waals surface area (Å²) in [7, 11) is 0. The van der Waals surface area contributed by atoms with E-state index in [-0.39, 0.29) is 18.7 Å². The SMILES string of the molecule is O=C1CCC(N2C(=O)c3ccc(CN4CC(C5CCNCC5)C4)cc3C2=O)C(=O)N1. The lowest BCUT2D eigenvalue weighted by Gasteiger charge is -2.45. The van der Waals surface area contributed by atoms with Gasteiger partial charge in [-0.3, -0.25) is 34.3 Å². The van der Waals surface area contributed by atoms with Gasteiger partial charge >= 0.3 is 0 Å². The van der Waals surface area contributed by atoms with Crippen molar-refractivity contribution in [3.8, 4) is 0 Å². The molecule has 0 aromatic heterocycles. The Morgan fingerprint density at radius 3 is 2.37 bits per heavy atom. The van der Waals surface area contributed by atoms with Crippen LogP contribution in [0.1, 0.15) is 52.0 Å². The van der Waals surface area contributed by atoms with E-state index in [0.29, 0.717) is 11.1 Å². The number of carbonyl (C=O) groups is 4. The molecule has 3 fully saturated rings. The average Bonchev–Trinajstić information content (AvgIpc) is 2.95. The molecule has 4 amide bonds. The molecule has 4 aliphatic rings. The standard InChI is InChI=1S/C22H26N4O4/c27-19-4-3-18(20(28)24-19)26-21(29)16-2-1-13(9-17(16)22(26)30)10-25-11-15(12-25)14-5-7-23-8-6-14/h1-2,9,14-15,18,23H,3-8,10-12H2,(H,24,27,28). The topological polar surface area (TPSA) is 98.8 Å². The molecule has 0 spiro atoms. The molecule has 3 saturated heterocycles. The van der Waals surface area contributed by atoms with E-state index >= 15 is 0 Å². The minimum Gasteiger partial charge on any atom is -0.317 e. The number of benzene rings is 1. The zero-order valence-electron chi connectivity index (χ0n) is 16.9. The Hall–Kier alpha value is -2.58. The number of fused-ring (bicyclic) bond motifs is 1. The fraction of sp³-hybridized carbons (Fsp3) is 0.545. The molecule has 5 rings (SSSR count). The Morgan fingerprint density at radius 2 is 1.63 bits per heavy atom. The zero-order chi connectivity index (χ0) is 20.8. The van der Waals surface area contributed by atoms with Gasteiger partial charge in [-0.15, -0.1) is 0 Å². The Balaban J connectivity index is 1.25. The van der Waals surface area contributed by atoms with Crippen molar-refractivity contribution in [2.24, 2.45) is 11.8 Å². The molecular formula is C22H26N4O4. The van der Waals surface area contributed by atoms with E-state index in [1.165, 1.54) is 12.8 Å². The molecule has 8 heteroatoms. The van der Waals surface area contributed by atoms with E-state index in [4.69, 9.17) is 0 Å². The van der Waals surface area contributed by atoms with Gasteiger partial charge in [-0.1, -0.05) is 6.07 Å². The van der Waals surface area contributed by atoms with E-state index in [0.717, 1.165) is 55.0 Å². The highest BCUT2D eigenvalue weighted by Crippen LogP contribution is 2.32. The lowest BCUT2D eigenvalue weighted by Crippen LogP contribution is -2.54. The predicted octanol–water partition coefficient (Wildman–Crippen LogP) is 0.519. The van der Waals surface area contributed by atoms with Gasteiger partial charge in [0, 0.05) is 26.1 Å². The van der Waals surface area contributed by atoms with Crippen molar-refractivity contribution in [2.75, 3.05) is 26.2 Å².